The largest absolute Gasteiger partial charge is 0.484 e. The van der Waals surface area contributed by atoms with Gasteiger partial charge < -0.3 is 30.7 Å². The third kappa shape index (κ3) is 11.3. The van der Waals surface area contributed by atoms with Gasteiger partial charge in [0.05, 0.1) is 17.9 Å². The van der Waals surface area contributed by atoms with Crippen molar-refractivity contribution < 1.29 is 19.4 Å². The minimum absolute atomic E-state index is 0.239. The number of hydrogen-bond donors (Lipinski definition) is 6. The number of rotatable bonds is 7. The first-order valence-corrected chi connectivity index (χ1v) is 18.0. The van der Waals surface area contributed by atoms with Crippen molar-refractivity contribution in [1.82, 2.24) is 25.0 Å². The number of pyridine rings is 1. The van der Waals surface area contributed by atoms with Gasteiger partial charge in [0.1, 0.15) is 23.2 Å². The van der Waals surface area contributed by atoms with Gasteiger partial charge in [0.2, 0.25) is 5.96 Å². The van der Waals surface area contributed by atoms with Crippen molar-refractivity contribution in [3.8, 4) is 5.75 Å². The lowest BCUT2D eigenvalue weighted by Gasteiger charge is -2.36. The van der Waals surface area contributed by atoms with Crippen LogP contribution in [-0.4, -0.2) is 70.5 Å². The average molecular weight is 726 g/mol. The van der Waals surface area contributed by atoms with Gasteiger partial charge in [0.25, 0.3) is 6.47 Å². The SMILES string of the molecule is C[C@H]1CCCCN1C(=N)n1cc(O[C@@H]2CC[C@H](NC(=O)NC(/C=C(\N)C(C)(C)C)=Nc3ccc(CN(C)C)cc3)c3ccccc32)ccc1=N.O=CO. The normalized spacial score (nSPS) is 19.0. The maximum atomic E-state index is 13.5. The molecule has 7 N–H and O–H groups in total. The number of nitrogens with two attached hydrogens (primary N) is 1. The number of carbonyl (C=O) groups is 2. The number of fused-ring (bicyclic) bond motifs is 1. The Bertz CT molecular complexity index is 1840. The van der Waals surface area contributed by atoms with E-state index in [0.717, 1.165) is 43.5 Å². The topological polar surface area (TPSA) is 185 Å². The molecule has 3 atom stereocenters. The summed E-state index contributed by atoms with van der Waals surface area (Å²) < 4.78 is 8.14. The predicted molar refractivity (Wildman–Crippen MR) is 208 cm³/mol. The van der Waals surface area contributed by atoms with Gasteiger partial charge in [-0.2, -0.15) is 0 Å². The fraction of sp³-hybridized carbons (Fsp3) is 0.425. The van der Waals surface area contributed by atoms with Gasteiger partial charge in [-0.25, -0.2) is 9.79 Å². The summed E-state index contributed by atoms with van der Waals surface area (Å²) in [4.78, 5) is 30.8. The van der Waals surface area contributed by atoms with Gasteiger partial charge in [-0.3, -0.25) is 25.5 Å². The molecule has 2 aliphatic rings. The van der Waals surface area contributed by atoms with Gasteiger partial charge in [-0.05, 0) is 94.1 Å². The Morgan fingerprint density at radius 1 is 1.06 bits per heavy atom. The van der Waals surface area contributed by atoms with Crippen LogP contribution in [0.1, 0.15) is 88.6 Å². The molecular formula is C40H55N9O4. The first kappa shape index (κ1) is 40.3. The fourth-order valence-corrected chi connectivity index (χ4v) is 6.42. The van der Waals surface area contributed by atoms with Crippen LogP contribution in [-0.2, 0) is 11.3 Å². The molecule has 2 amide bonds. The molecule has 0 saturated carbocycles. The van der Waals surface area contributed by atoms with Crippen molar-refractivity contribution in [2.24, 2.45) is 16.1 Å². The molecule has 284 valence electrons. The number of nitrogens with zero attached hydrogens (tertiary/aromatic N) is 4. The second kappa shape index (κ2) is 18.4. The van der Waals surface area contributed by atoms with Crippen LogP contribution in [0.15, 0.2) is 83.6 Å². The second-order valence-corrected chi connectivity index (χ2v) is 14.8. The monoisotopic (exact) mass is 725 g/mol. The van der Waals surface area contributed by atoms with Gasteiger partial charge in [-0.1, -0.05) is 57.2 Å². The van der Waals surface area contributed by atoms with E-state index in [0.29, 0.717) is 41.8 Å². The number of piperidine rings is 1. The smallest absolute Gasteiger partial charge is 0.320 e. The number of hydrogen-bond acceptors (Lipinski definition) is 8. The zero-order valence-electron chi connectivity index (χ0n) is 31.7. The Morgan fingerprint density at radius 3 is 2.38 bits per heavy atom. The maximum Gasteiger partial charge on any atom is 0.320 e. The van der Waals surface area contributed by atoms with Crippen molar-refractivity contribution in [3.63, 3.8) is 0 Å². The van der Waals surface area contributed by atoms with Crippen molar-refractivity contribution in [2.75, 3.05) is 20.6 Å². The van der Waals surface area contributed by atoms with E-state index in [1.165, 1.54) is 5.56 Å². The molecule has 1 aliphatic heterocycles. The number of amides is 2. The quantitative estimate of drug-likeness (QED) is 0.0943. The molecule has 3 aromatic rings. The number of aromatic nitrogens is 1. The minimum atomic E-state index is -0.373. The number of nitrogens with one attached hydrogen (secondary N) is 4. The number of carbonyl (C=O) groups excluding carboxylic acids is 1. The van der Waals surface area contributed by atoms with E-state index >= 15 is 0 Å². The van der Waals surface area contributed by atoms with Crippen LogP contribution < -0.4 is 26.6 Å². The van der Waals surface area contributed by atoms with Crippen LogP contribution in [0.4, 0.5) is 10.5 Å². The Kier molecular flexibility index (Phi) is 14.0. The van der Waals surface area contributed by atoms with E-state index in [1.807, 2.05) is 83.4 Å². The molecule has 1 aromatic heterocycles. The first-order valence-electron chi connectivity index (χ1n) is 18.0. The summed E-state index contributed by atoms with van der Waals surface area (Å²) in [5.41, 5.74) is 10.8. The van der Waals surface area contributed by atoms with Crippen LogP contribution in [0.5, 0.6) is 5.75 Å². The lowest BCUT2D eigenvalue weighted by Crippen LogP contribution is -2.47. The van der Waals surface area contributed by atoms with Crippen LogP contribution >= 0.6 is 0 Å². The molecule has 1 saturated heterocycles. The molecule has 0 bridgehead atoms. The summed E-state index contributed by atoms with van der Waals surface area (Å²) in [6, 6.07) is 19.1. The number of likely N-dealkylation sites (tertiary alicyclic amines) is 1. The lowest BCUT2D eigenvalue weighted by molar-refractivity contribution is -0.122. The number of aliphatic imine (C=N–C) groups is 1. The van der Waals surface area contributed by atoms with Crippen molar-refractivity contribution in [1.29, 1.82) is 10.8 Å². The maximum absolute atomic E-state index is 13.5. The Morgan fingerprint density at radius 2 is 1.74 bits per heavy atom. The van der Waals surface area contributed by atoms with E-state index in [-0.39, 0.29) is 41.6 Å². The average Bonchev–Trinajstić information content (AvgIpc) is 3.10. The van der Waals surface area contributed by atoms with Crippen molar-refractivity contribution in [2.45, 2.75) is 84.5 Å². The first-order chi connectivity index (χ1) is 25.2. The number of amidine groups is 1. The summed E-state index contributed by atoms with van der Waals surface area (Å²) in [5.74, 6) is 1.25. The molecule has 13 heteroatoms. The summed E-state index contributed by atoms with van der Waals surface area (Å²) in [6.07, 6.45) is 7.81. The number of benzene rings is 2. The summed E-state index contributed by atoms with van der Waals surface area (Å²) >= 11 is 0. The highest BCUT2D eigenvalue weighted by Gasteiger charge is 2.30. The third-order valence-electron chi connectivity index (χ3n) is 9.33. The van der Waals surface area contributed by atoms with E-state index in [9.17, 15) is 4.79 Å². The van der Waals surface area contributed by atoms with Crippen LogP contribution in [0, 0.1) is 16.2 Å². The molecule has 0 spiro atoms. The molecule has 0 unspecified atom stereocenters. The Hall–Kier alpha value is -5.43. The molecule has 1 aliphatic carbocycles. The third-order valence-corrected chi connectivity index (χ3v) is 9.33. The molecule has 53 heavy (non-hydrogen) atoms. The molecular weight excluding hydrogens is 670 g/mol. The lowest BCUT2D eigenvalue weighted by atomic mass is 9.85. The van der Waals surface area contributed by atoms with Gasteiger partial charge in [0, 0.05) is 36.3 Å². The zero-order chi connectivity index (χ0) is 38.7. The predicted octanol–water partition coefficient (Wildman–Crippen LogP) is 6.26. The number of urea groups is 1. The molecule has 13 nitrogen and oxygen atoms in total. The van der Waals surface area contributed by atoms with E-state index in [1.54, 1.807) is 29.0 Å². The zero-order valence-corrected chi connectivity index (χ0v) is 31.7. The number of carboxylic acid groups (broad SMARTS) is 1. The number of ether oxygens (including phenoxy) is 1. The molecule has 5 rings (SSSR count). The van der Waals surface area contributed by atoms with E-state index in [2.05, 4.69) is 27.4 Å². The van der Waals surface area contributed by atoms with Crippen LogP contribution in [0.2, 0.25) is 0 Å². The molecule has 0 radical (unpaired) electrons. The highest BCUT2D eigenvalue weighted by atomic mass is 16.5. The number of allylic oxidation sites excluding steroid dienone is 1. The Labute approximate surface area is 312 Å². The minimum Gasteiger partial charge on any atom is -0.484 e. The Balaban J connectivity index is 0.00000202. The molecule has 2 aromatic carbocycles. The van der Waals surface area contributed by atoms with Crippen molar-refractivity contribution >= 4 is 30.0 Å². The summed E-state index contributed by atoms with van der Waals surface area (Å²) in [5, 5.41) is 30.4. The highest BCUT2D eigenvalue weighted by molar-refractivity contribution is 6.05. The van der Waals surface area contributed by atoms with E-state index in [4.69, 9.17) is 36.2 Å². The fourth-order valence-electron chi connectivity index (χ4n) is 6.42. The second-order valence-electron chi connectivity index (χ2n) is 14.8. The van der Waals surface area contributed by atoms with Gasteiger partial charge >= 0.3 is 6.03 Å². The van der Waals surface area contributed by atoms with Crippen LogP contribution in [0.25, 0.3) is 0 Å². The van der Waals surface area contributed by atoms with Gasteiger partial charge in [-0.15, -0.1) is 0 Å². The van der Waals surface area contributed by atoms with Crippen molar-refractivity contribution in [3.05, 3.63) is 101 Å². The molecule has 2 heterocycles. The molecule has 1 fully saturated rings. The van der Waals surface area contributed by atoms with Crippen LogP contribution in [0.3, 0.4) is 0 Å². The standard InChI is InChI=1S/C39H53N9O2.CH2O2/c1-26-11-9-10-22-47(26)37(42)48-25-29(18-21-35(48)41)50-33-20-19-32(30-12-7-8-13-31(30)33)44-38(49)45-36(23-34(40)39(2,3)4)43-28-16-14-27(15-17-28)24-46(5)6;2-1-3/h7-8,12-18,21,23,25-26,32-33,41-42H,9-11,19-20,22,24,40H2,1-6H3,(H2,43,44,45,49);1H,(H,2,3)/b34-23-,41-35?,42-37?;/t26-,32-,33+;/m0./s1. The highest BCUT2D eigenvalue weighted by Crippen LogP contribution is 2.38. The summed E-state index contributed by atoms with van der Waals surface area (Å²) in [6.45, 7) is 9.58. The summed E-state index contributed by atoms with van der Waals surface area (Å²) in [7, 11) is 4.06. The van der Waals surface area contributed by atoms with Gasteiger partial charge in [0.15, 0.2) is 0 Å². The van der Waals surface area contributed by atoms with E-state index < -0.39 is 0 Å².